The fraction of sp³-hybridized carbons (Fsp3) is 0.0588. The molecule has 3 rings (SSSR count). The zero-order chi connectivity index (χ0) is 14.7. The summed E-state index contributed by atoms with van der Waals surface area (Å²) in [7, 11) is 0. The van der Waals surface area contributed by atoms with Gasteiger partial charge in [-0.05, 0) is 35.9 Å². The van der Waals surface area contributed by atoms with E-state index in [1.807, 2.05) is 34.9 Å². The molecule has 0 saturated heterocycles. The lowest BCUT2D eigenvalue weighted by atomic mass is 10.1. The number of hydrogen-bond acceptors (Lipinski definition) is 3. The highest BCUT2D eigenvalue weighted by molar-refractivity contribution is 5.75. The summed E-state index contributed by atoms with van der Waals surface area (Å²) < 4.78 is 1.95. The maximum Gasteiger partial charge on any atom is 0.115 e. The molecule has 0 spiro atoms. The number of benzene rings is 2. The molecule has 0 saturated carbocycles. The molecule has 102 valence electrons. The van der Waals surface area contributed by atoms with Crippen LogP contribution in [-0.2, 0) is 6.54 Å². The van der Waals surface area contributed by atoms with E-state index in [4.69, 9.17) is 0 Å². The Morgan fingerprint density at radius 1 is 1.19 bits per heavy atom. The van der Waals surface area contributed by atoms with Gasteiger partial charge in [0.1, 0.15) is 5.75 Å². The molecule has 1 heterocycles. The van der Waals surface area contributed by atoms with E-state index < -0.39 is 0 Å². The number of para-hydroxylation sites is 2. The molecule has 0 radical (unpaired) electrons. The van der Waals surface area contributed by atoms with Crippen LogP contribution in [0.2, 0.25) is 0 Å². The van der Waals surface area contributed by atoms with Crippen molar-refractivity contribution in [2.45, 2.75) is 6.54 Å². The van der Waals surface area contributed by atoms with Crippen molar-refractivity contribution >= 4 is 17.1 Å². The van der Waals surface area contributed by atoms with E-state index in [1.54, 1.807) is 30.6 Å². The molecule has 4 nitrogen and oxygen atoms in total. The summed E-state index contributed by atoms with van der Waals surface area (Å²) in [4.78, 5) is 4.32. The van der Waals surface area contributed by atoms with E-state index in [0.717, 1.165) is 16.6 Å². The summed E-state index contributed by atoms with van der Waals surface area (Å²) in [5, 5.41) is 18.6. The lowest BCUT2D eigenvalue weighted by molar-refractivity contribution is 0.475. The highest BCUT2D eigenvalue weighted by Crippen LogP contribution is 2.16. The van der Waals surface area contributed by atoms with Crippen LogP contribution in [0, 0.1) is 11.3 Å². The van der Waals surface area contributed by atoms with Gasteiger partial charge in [0.15, 0.2) is 0 Å². The Hall–Kier alpha value is -3.06. The van der Waals surface area contributed by atoms with Crippen LogP contribution in [0.25, 0.3) is 17.1 Å². The lowest BCUT2D eigenvalue weighted by Crippen LogP contribution is -1.98. The third-order valence-electron chi connectivity index (χ3n) is 3.25. The van der Waals surface area contributed by atoms with Gasteiger partial charge in [0, 0.05) is 5.57 Å². The first kappa shape index (κ1) is 12.9. The number of phenols is 1. The molecule has 4 heteroatoms. The molecular weight excluding hydrogens is 262 g/mol. The first-order valence-corrected chi connectivity index (χ1v) is 6.56. The second kappa shape index (κ2) is 5.51. The van der Waals surface area contributed by atoms with Crippen LogP contribution < -0.4 is 0 Å². The maximum atomic E-state index is 9.31. The Balaban J connectivity index is 1.91. The smallest absolute Gasteiger partial charge is 0.115 e. The first-order chi connectivity index (χ1) is 10.3. The molecule has 0 unspecified atom stereocenters. The van der Waals surface area contributed by atoms with Gasteiger partial charge in [-0.1, -0.05) is 24.3 Å². The molecule has 0 atom stereocenters. The number of fused-ring (bicyclic) bond motifs is 1. The van der Waals surface area contributed by atoms with Gasteiger partial charge in [0.2, 0.25) is 0 Å². The second-order valence-corrected chi connectivity index (χ2v) is 4.73. The van der Waals surface area contributed by atoms with Crippen molar-refractivity contribution in [2.24, 2.45) is 0 Å². The molecule has 0 aliphatic rings. The third kappa shape index (κ3) is 2.77. The molecule has 0 fully saturated rings. The van der Waals surface area contributed by atoms with Gasteiger partial charge < -0.3 is 9.67 Å². The number of phenolic OH excluding ortho intramolecular Hbond substituents is 1. The van der Waals surface area contributed by atoms with Gasteiger partial charge in [-0.2, -0.15) is 5.26 Å². The molecule has 21 heavy (non-hydrogen) atoms. The van der Waals surface area contributed by atoms with Gasteiger partial charge in [-0.15, -0.1) is 0 Å². The average molecular weight is 275 g/mol. The Labute approximate surface area is 122 Å². The summed E-state index contributed by atoms with van der Waals surface area (Å²) in [6.45, 7) is 0.470. The van der Waals surface area contributed by atoms with Gasteiger partial charge in [-0.3, -0.25) is 0 Å². The monoisotopic (exact) mass is 275 g/mol. The van der Waals surface area contributed by atoms with Crippen molar-refractivity contribution in [3.63, 3.8) is 0 Å². The van der Waals surface area contributed by atoms with Crippen molar-refractivity contribution in [3.8, 4) is 11.8 Å². The van der Waals surface area contributed by atoms with Crippen LogP contribution in [0.3, 0.4) is 0 Å². The molecule has 1 N–H and O–H groups in total. The molecule has 0 amide bonds. The van der Waals surface area contributed by atoms with Crippen LogP contribution in [0.5, 0.6) is 5.75 Å². The van der Waals surface area contributed by atoms with Crippen LogP contribution in [0.4, 0.5) is 0 Å². The number of rotatable bonds is 3. The predicted molar refractivity (Wildman–Crippen MR) is 81.4 cm³/mol. The number of imidazole rings is 1. The van der Waals surface area contributed by atoms with Gasteiger partial charge in [-0.25, -0.2) is 4.98 Å². The number of nitrogens with zero attached hydrogens (tertiary/aromatic N) is 3. The fourth-order valence-corrected chi connectivity index (χ4v) is 2.20. The van der Waals surface area contributed by atoms with Gasteiger partial charge >= 0.3 is 0 Å². The lowest BCUT2D eigenvalue weighted by Gasteiger charge is -2.03. The van der Waals surface area contributed by atoms with Crippen LogP contribution in [0.1, 0.15) is 5.56 Å². The minimum Gasteiger partial charge on any atom is -0.508 e. The molecule has 0 aliphatic heterocycles. The van der Waals surface area contributed by atoms with E-state index in [2.05, 4.69) is 11.1 Å². The van der Waals surface area contributed by atoms with Crippen molar-refractivity contribution < 1.29 is 5.11 Å². The van der Waals surface area contributed by atoms with Crippen LogP contribution >= 0.6 is 0 Å². The first-order valence-electron chi connectivity index (χ1n) is 6.56. The SMILES string of the molecule is N#C/C(=C/c1ccc(O)cc1)Cn1cnc2ccccc21. The summed E-state index contributed by atoms with van der Waals surface area (Å²) in [5.74, 6) is 0.214. The van der Waals surface area contributed by atoms with E-state index in [-0.39, 0.29) is 5.75 Å². The minimum absolute atomic E-state index is 0.214. The van der Waals surface area contributed by atoms with Crippen LogP contribution in [0.15, 0.2) is 60.4 Å². The number of allylic oxidation sites excluding steroid dienone is 1. The number of aromatic nitrogens is 2. The highest BCUT2D eigenvalue weighted by Gasteiger charge is 2.04. The summed E-state index contributed by atoms with van der Waals surface area (Å²) >= 11 is 0. The van der Waals surface area contributed by atoms with E-state index in [0.29, 0.717) is 12.1 Å². The minimum atomic E-state index is 0.214. The summed E-state index contributed by atoms with van der Waals surface area (Å²) in [5.41, 5.74) is 3.43. The van der Waals surface area contributed by atoms with Crippen LogP contribution in [-0.4, -0.2) is 14.7 Å². The predicted octanol–water partition coefficient (Wildman–Crippen LogP) is 3.35. The maximum absolute atomic E-state index is 9.31. The number of nitriles is 1. The third-order valence-corrected chi connectivity index (χ3v) is 3.25. The molecule has 0 bridgehead atoms. The van der Waals surface area contributed by atoms with Crippen molar-refractivity contribution in [3.05, 3.63) is 66.0 Å². The van der Waals surface area contributed by atoms with E-state index in [9.17, 15) is 10.4 Å². The normalized spacial score (nSPS) is 11.5. The van der Waals surface area contributed by atoms with Gasteiger partial charge in [0.05, 0.1) is 30.0 Å². The Morgan fingerprint density at radius 3 is 2.71 bits per heavy atom. The molecule has 2 aromatic carbocycles. The molecule has 0 aliphatic carbocycles. The Kier molecular flexibility index (Phi) is 3.40. The van der Waals surface area contributed by atoms with E-state index >= 15 is 0 Å². The largest absolute Gasteiger partial charge is 0.508 e. The fourth-order valence-electron chi connectivity index (χ4n) is 2.20. The second-order valence-electron chi connectivity index (χ2n) is 4.73. The Morgan fingerprint density at radius 2 is 1.95 bits per heavy atom. The zero-order valence-corrected chi connectivity index (χ0v) is 11.3. The van der Waals surface area contributed by atoms with Gasteiger partial charge in [0.25, 0.3) is 0 Å². The van der Waals surface area contributed by atoms with Crippen molar-refractivity contribution in [2.75, 3.05) is 0 Å². The average Bonchev–Trinajstić information content (AvgIpc) is 2.92. The zero-order valence-electron chi connectivity index (χ0n) is 11.3. The molecule has 3 aromatic rings. The standard InChI is InChI=1S/C17H13N3O/c18-10-14(9-13-5-7-15(21)8-6-13)11-20-12-19-16-3-1-2-4-17(16)20/h1-9,12,21H,11H2/b14-9-. The highest BCUT2D eigenvalue weighted by atomic mass is 16.3. The molecule has 1 aromatic heterocycles. The van der Waals surface area contributed by atoms with Crippen molar-refractivity contribution in [1.82, 2.24) is 9.55 Å². The molecular formula is C17H13N3O. The summed E-state index contributed by atoms with van der Waals surface area (Å²) in [6, 6.07) is 16.8. The quantitative estimate of drug-likeness (QED) is 0.746. The van der Waals surface area contributed by atoms with E-state index in [1.165, 1.54) is 0 Å². The topological polar surface area (TPSA) is 61.8 Å². The van der Waals surface area contributed by atoms with Crippen molar-refractivity contribution in [1.29, 1.82) is 5.26 Å². The number of hydrogen-bond donors (Lipinski definition) is 1. The summed E-state index contributed by atoms with van der Waals surface area (Å²) in [6.07, 6.45) is 3.56. The number of aromatic hydroxyl groups is 1. The Bertz CT molecular complexity index is 838.